The fraction of sp³-hybridized carbons (Fsp3) is 0.263. The number of unbranched alkanes of at least 4 members (excludes halogenated alkanes) is 7. The first-order valence-electron chi connectivity index (χ1n) is 15.3. The third-order valence-corrected chi connectivity index (χ3v) is 13.0. The van der Waals surface area contributed by atoms with E-state index in [0.717, 1.165) is 25.7 Å². The molecule has 43 heavy (non-hydrogen) atoms. The van der Waals surface area contributed by atoms with Gasteiger partial charge in [-0.1, -0.05) is 111 Å². The number of rotatable bonds is 14. The summed E-state index contributed by atoms with van der Waals surface area (Å²) in [6.45, 7) is 0. The Balaban J connectivity index is 0.00000423. The van der Waals surface area contributed by atoms with E-state index < -0.39 is 18.8 Å². The number of benzene rings is 4. The Morgan fingerprint density at radius 1 is 0.465 bits per heavy atom. The second-order valence-corrected chi connectivity index (χ2v) is 14.8. The zero-order valence-corrected chi connectivity index (χ0v) is 27.1. The standard InChI is InChI=1S/C38H39O3P.BrH/c39-36-33-26-17-18-27-34(33)37(40)38(41)35(36)28-16-5-3-1-2-4-6-19-29-42(30-20-10-7-11-21-30,31-22-12-8-13-23-31)32-24-14-9-15-25-32;/h7-15,17-18,20-27H,1-6,16,19,28-29H2;1H. The molecule has 0 amide bonds. The van der Waals surface area contributed by atoms with E-state index in [0.29, 0.717) is 17.5 Å². The van der Waals surface area contributed by atoms with E-state index in [-0.39, 0.29) is 28.3 Å². The Labute approximate surface area is 267 Å². The number of aliphatic hydroxyl groups is 1. The van der Waals surface area contributed by atoms with Crippen molar-refractivity contribution in [3.8, 4) is 0 Å². The summed E-state index contributed by atoms with van der Waals surface area (Å²) in [5, 5.41) is 15.0. The van der Waals surface area contributed by atoms with Crippen LogP contribution in [0.3, 0.4) is 0 Å². The maximum absolute atomic E-state index is 12.5. The first kappa shape index (κ1) is 32.6. The number of ketones is 2. The largest absolute Gasteiger partial charge is 1.00 e. The lowest BCUT2D eigenvalue weighted by Crippen LogP contribution is -3.00. The quantitative estimate of drug-likeness (QED) is 0.115. The summed E-state index contributed by atoms with van der Waals surface area (Å²) in [5.74, 6) is -1.07. The Morgan fingerprint density at radius 3 is 1.35 bits per heavy atom. The molecule has 5 rings (SSSR count). The van der Waals surface area contributed by atoms with E-state index in [9.17, 15) is 14.7 Å². The van der Waals surface area contributed by atoms with Gasteiger partial charge < -0.3 is 22.1 Å². The zero-order valence-electron chi connectivity index (χ0n) is 24.6. The molecular formula is C38H40BrO3P. The van der Waals surface area contributed by atoms with Crippen LogP contribution in [-0.2, 0) is 4.79 Å². The highest BCUT2D eigenvalue weighted by Crippen LogP contribution is 2.56. The number of hydrogen-bond donors (Lipinski definition) is 1. The summed E-state index contributed by atoms with van der Waals surface area (Å²) >= 11 is 0. The predicted molar refractivity (Wildman–Crippen MR) is 177 cm³/mol. The molecule has 0 aliphatic heterocycles. The van der Waals surface area contributed by atoms with E-state index in [2.05, 4.69) is 91.0 Å². The van der Waals surface area contributed by atoms with Crippen LogP contribution >= 0.6 is 7.26 Å². The lowest BCUT2D eigenvalue weighted by molar-refractivity contribution is -0.112. The van der Waals surface area contributed by atoms with Crippen molar-refractivity contribution >= 4 is 40.5 Å². The van der Waals surface area contributed by atoms with Gasteiger partial charge in [-0.05, 0) is 62.1 Å². The van der Waals surface area contributed by atoms with Crippen molar-refractivity contribution in [1.29, 1.82) is 0 Å². The first-order chi connectivity index (χ1) is 20.6. The van der Waals surface area contributed by atoms with Crippen molar-refractivity contribution in [3.63, 3.8) is 0 Å². The highest BCUT2D eigenvalue weighted by molar-refractivity contribution is 7.95. The van der Waals surface area contributed by atoms with Gasteiger partial charge >= 0.3 is 0 Å². The molecule has 222 valence electrons. The topological polar surface area (TPSA) is 54.4 Å². The molecule has 0 saturated heterocycles. The molecule has 1 N–H and O–H groups in total. The van der Waals surface area contributed by atoms with Crippen LogP contribution in [0.25, 0.3) is 5.76 Å². The lowest BCUT2D eigenvalue weighted by Gasteiger charge is -2.27. The molecule has 0 atom stereocenters. The number of allylic oxidation sites excluding steroid dienone is 1. The van der Waals surface area contributed by atoms with Gasteiger partial charge in [0.15, 0.2) is 0 Å². The molecule has 0 saturated carbocycles. The van der Waals surface area contributed by atoms with E-state index in [4.69, 9.17) is 0 Å². The first-order valence-corrected chi connectivity index (χ1v) is 17.3. The van der Waals surface area contributed by atoms with Gasteiger partial charge in [-0.25, -0.2) is 0 Å². The Bertz CT molecular complexity index is 1420. The van der Waals surface area contributed by atoms with Crippen LogP contribution < -0.4 is 32.9 Å². The number of carbonyl (C=O) groups excluding carboxylic acids is 2. The van der Waals surface area contributed by atoms with Gasteiger partial charge in [0, 0.05) is 16.7 Å². The fourth-order valence-electron chi connectivity index (χ4n) is 6.24. The minimum absolute atomic E-state index is 0. The molecule has 0 radical (unpaired) electrons. The third kappa shape index (κ3) is 7.43. The van der Waals surface area contributed by atoms with Crippen molar-refractivity contribution < 1.29 is 31.7 Å². The van der Waals surface area contributed by atoms with Crippen LogP contribution in [0, 0.1) is 0 Å². The van der Waals surface area contributed by atoms with Gasteiger partial charge in [-0.3, -0.25) is 9.59 Å². The zero-order chi connectivity index (χ0) is 29.2. The number of Topliss-reactive ketones (excluding diaryl/α,β-unsaturated/α-hetero) is 2. The van der Waals surface area contributed by atoms with E-state index in [1.165, 1.54) is 47.8 Å². The van der Waals surface area contributed by atoms with Crippen LogP contribution in [0.5, 0.6) is 0 Å². The van der Waals surface area contributed by atoms with Crippen molar-refractivity contribution in [2.45, 2.75) is 57.8 Å². The second-order valence-electron chi connectivity index (χ2n) is 11.1. The molecule has 0 unspecified atom stereocenters. The SMILES string of the molecule is O=C1C(=O)c2ccccc2C(O)=C1CCCCCCCCCC[P+](c1ccccc1)(c1ccccc1)c1ccccc1.[Br-]. The van der Waals surface area contributed by atoms with Gasteiger partial charge in [0.2, 0.25) is 11.6 Å². The maximum Gasteiger partial charge on any atom is 0.234 e. The van der Waals surface area contributed by atoms with Crippen molar-refractivity contribution in [3.05, 3.63) is 132 Å². The minimum atomic E-state index is -1.75. The fourth-order valence-corrected chi connectivity index (χ4v) is 10.7. The normalized spacial score (nSPS) is 13.0. The van der Waals surface area contributed by atoms with Gasteiger partial charge in [0.25, 0.3) is 0 Å². The number of fused-ring (bicyclic) bond motifs is 1. The molecular weight excluding hydrogens is 615 g/mol. The van der Waals surface area contributed by atoms with Crippen molar-refractivity contribution in [2.24, 2.45) is 0 Å². The molecule has 0 aromatic heterocycles. The molecule has 0 spiro atoms. The third-order valence-electron chi connectivity index (χ3n) is 8.45. The molecule has 0 bridgehead atoms. The average molecular weight is 656 g/mol. The summed E-state index contributed by atoms with van der Waals surface area (Å²) in [5.41, 5.74) is 1.07. The van der Waals surface area contributed by atoms with Crippen LogP contribution in [0.4, 0.5) is 0 Å². The summed E-state index contributed by atoms with van der Waals surface area (Å²) in [6, 6.07) is 40.1. The Morgan fingerprint density at radius 2 is 0.860 bits per heavy atom. The number of hydrogen-bond acceptors (Lipinski definition) is 3. The molecule has 1 aliphatic carbocycles. The van der Waals surface area contributed by atoms with Crippen LogP contribution in [0.15, 0.2) is 121 Å². The molecule has 3 nitrogen and oxygen atoms in total. The molecule has 4 aromatic rings. The van der Waals surface area contributed by atoms with Crippen molar-refractivity contribution in [2.75, 3.05) is 6.16 Å². The predicted octanol–water partition coefficient (Wildman–Crippen LogP) is 5.23. The van der Waals surface area contributed by atoms with Gasteiger partial charge in [0.1, 0.15) is 28.9 Å². The molecule has 5 heteroatoms. The van der Waals surface area contributed by atoms with Crippen LogP contribution in [0.2, 0.25) is 0 Å². The van der Waals surface area contributed by atoms with E-state index >= 15 is 0 Å². The lowest BCUT2D eigenvalue weighted by atomic mass is 9.86. The Hall–Kier alpha value is -3.33. The number of carbonyl (C=O) groups is 2. The summed E-state index contributed by atoms with van der Waals surface area (Å²) < 4.78 is 0. The monoisotopic (exact) mass is 654 g/mol. The van der Waals surface area contributed by atoms with E-state index in [1.807, 2.05) is 0 Å². The van der Waals surface area contributed by atoms with Crippen molar-refractivity contribution in [1.82, 2.24) is 0 Å². The summed E-state index contributed by atoms with van der Waals surface area (Å²) in [7, 11) is -1.75. The highest BCUT2D eigenvalue weighted by Gasteiger charge is 2.44. The summed E-state index contributed by atoms with van der Waals surface area (Å²) in [4.78, 5) is 25.0. The van der Waals surface area contributed by atoms with Crippen LogP contribution in [0.1, 0.15) is 73.7 Å². The molecule has 0 heterocycles. The van der Waals surface area contributed by atoms with Gasteiger partial charge in [-0.2, -0.15) is 0 Å². The van der Waals surface area contributed by atoms with E-state index in [1.54, 1.807) is 24.3 Å². The average Bonchev–Trinajstić information content (AvgIpc) is 3.05. The Kier molecular flexibility index (Phi) is 12.1. The maximum atomic E-state index is 12.5. The van der Waals surface area contributed by atoms with Gasteiger partial charge in [-0.15, -0.1) is 0 Å². The van der Waals surface area contributed by atoms with Gasteiger partial charge in [0.05, 0.1) is 6.16 Å². The molecule has 1 aliphatic rings. The number of halogens is 1. The number of aliphatic hydroxyl groups excluding tert-OH is 1. The smallest absolute Gasteiger partial charge is 0.234 e. The molecule has 0 fully saturated rings. The minimum Gasteiger partial charge on any atom is -1.00 e. The molecule has 4 aromatic carbocycles. The van der Waals surface area contributed by atoms with Crippen LogP contribution in [-0.4, -0.2) is 22.8 Å². The highest BCUT2D eigenvalue weighted by atomic mass is 79.9. The summed E-state index contributed by atoms with van der Waals surface area (Å²) in [6.07, 6.45) is 10.5. The second kappa shape index (κ2) is 15.9.